The summed E-state index contributed by atoms with van der Waals surface area (Å²) in [4.78, 5) is 27.9. The number of aryl methyl sites for hydroxylation is 1. The number of anilines is 1. The van der Waals surface area contributed by atoms with Crippen molar-refractivity contribution >= 4 is 17.7 Å². The zero-order valence-electron chi connectivity index (χ0n) is 10.8. The highest BCUT2D eigenvalue weighted by Gasteiger charge is 2.07. The van der Waals surface area contributed by atoms with Crippen LogP contribution < -0.4 is 11.5 Å². The Labute approximate surface area is 115 Å². The minimum Gasteiger partial charge on any atom is -0.476 e. The minimum absolute atomic E-state index is 0.0602. The molecule has 1 amide bonds. The van der Waals surface area contributed by atoms with Gasteiger partial charge in [-0.15, -0.1) is 0 Å². The van der Waals surface area contributed by atoms with Crippen molar-refractivity contribution in [2.24, 2.45) is 5.73 Å². The van der Waals surface area contributed by atoms with E-state index in [4.69, 9.17) is 16.6 Å². The average Bonchev–Trinajstić information content (AvgIpc) is 2.40. The van der Waals surface area contributed by atoms with Crippen LogP contribution in [0.1, 0.15) is 26.4 Å². The van der Waals surface area contributed by atoms with Gasteiger partial charge < -0.3 is 16.6 Å². The predicted molar refractivity (Wildman–Crippen MR) is 73.1 cm³/mol. The van der Waals surface area contributed by atoms with Gasteiger partial charge in [-0.3, -0.25) is 4.79 Å². The first-order valence-electron chi connectivity index (χ1n) is 5.58. The van der Waals surface area contributed by atoms with Gasteiger partial charge in [0.25, 0.3) is 0 Å². The van der Waals surface area contributed by atoms with Crippen LogP contribution in [0.25, 0.3) is 0 Å². The molecule has 0 bridgehead atoms. The van der Waals surface area contributed by atoms with Gasteiger partial charge in [0.1, 0.15) is 0 Å². The summed E-state index contributed by atoms with van der Waals surface area (Å²) in [6.07, 6.45) is 2.61. The Balaban J connectivity index is 0.000000200. The van der Waals surface area contributed by atoms with Gasteiger partial charge in [-0.05, 0) is 18.6 Å². The average molecular weight is 274 g/mol. The molecule has 0 saturated heterocycles. The van der Waals surface area contributed by atoms with Crippen LogP contribution in [0.15, 0.2) is 36.7 Å². The summed E-state index contributed by atoms with van der Waals surface area (Å²) in [5, 5.41) is 8.38. The number of primary amides is 1. The normalized spacial score (nSPS) is 9.25. The Morgan fingerprint density at radius 2 is 1.75 bits per heavy atom. The van der Waals surface area contributed by atoms with Crippen LogP contribution in [0.5, 0.6) is 0 Å². The standard InChI is InChI=1S/C8H9NO.C5H5N3O2/c1-6-4-2-3-5-7(6)8(9)10;6-4-3(5(9)10)7-1-2-8-4/h2-5H,1H3,(H2,9,10);1-2H,(H2,6,8)(H,9,10). The highest BCUT2D eigenvalue weighted by molar-refractivity contribution is 5.94. The smallest absolute Gasteiger partial charge is 0.358 e. The molecule has 104 valence electrons. The largest absolute Gasteiger partial charge is 0.476 e. The van der Waals surface area contributed by atoms with Gasteiger partial charge in [0.2, 0.25) is 5.91 Å². The molecular formula is C13H14N4O3. The second kappa shape index (κ2) is 6.83. The van der Waals surface area contributed by atoms with Crippen molar-refractivity contribution in [1.82, 2.24) is 9.97 Å². The van der Waals surface area contributed by atoms with E-state index in [1.54, 1.807) is 12.1 Å². The number of hydrogen-bond acceptors (Lipinski definition) is 5. The number of carboxylic acid groups (broad SMARTS) is 1. The maximum absolute atomic E-state index is 10.6. The highest BCUT2D eigenvalue weighted by atomic mass is 16.4. The number of carbonyl (C=O) groups excluding carboxylic acids is 1. The van der Waals surface area contributed by atoms with Gasteiger partial charge in [-0.1, -0.05) is 18.2 Å². The molecule has 1 aromatic carbocycles. The summed E-state index contributed by atoms with van der Waals surface area (Å²) in [6, 6.07) is 7.26. The van der Waals surface area contributed by atoms with E-state index in [1.807, 2.05) is 19.1 Å². The van der Waals surface area contributed by atoms with Gasteiger partial charge in [0.15, 0.2) is 11.5 Å². The van der Waals surface area contributed by atoms with E-state index in [9.17, 15) is 9.59 Å². The first-order chi connectivity index (χ1) is 9.43. The second-order valence-corrected chi connectivity index (χ2v) is 3.77. The molecule has 0 radical (unpaired) electrons. The van der Waals surface area contributed by atoms with Crippen LogP contribution >= 0.6 is 0 Å². The van der Waals surface area contributed by atoms with E-state index >= 15 is 0 Å². The lowest BCUT2D eigenvalue weighted by Crippen LogP contribution is -2.12. The number of hydrogen-bond donors (Lipinski definition) is 3. The number of nitrogens with two attached hydrogens (primary N) is 2. The summed E-state index contributed by atoms with van der Waals surface area (Å²) in [5.74, 6) is -1.58. The molecule has 0 fully saturated rings. The van der Waals surface area contributed by atoms with Crippen molar-refractivity contribution in [2.75, 3.05) is 5.73 Å². The van der Waals surface area contributed by atoms with Gasteiger partial charge in [0.05, 0.1) is 0 Å². The van der Waals surface area contributed by atoms with E-state index < -0.39 is 5.97 Å². The Bertz CT molecular complexity index is 573. The van der Waals surface area contributed by atoms with Crippen molar-refractivity contribution in [2.45, 2.75) is 6.92 Å². The number of benzene rings is 1. The van der Waals surface area contributed by atoms with E-state index in [0.717, 1.165) is 5.56 Å². The van der Waals surface area contributed by atoms with E-state index in [-0.39, 0.29) is 17.4 Å². The summed E-state index contributed by atoms with van der Waals surface area (Å²) in [5.41, 5.74) is 11.6. The van der Waals surface area contributed by atoms with Crippen molar-refractivity contribution < 1.29 is 14.7 Å². The van der Waals surface area contributed by atoms with Crippen molar-refractivity contribution in [3.8, 4) is 0 Å². The molecule has 0 aliphatic rings. The predicted octanol–water partition coefficient (Wildman–Crippen LogP) is 0.851. The molecule has 2 rings (SSSR count). The maximum atomic E-state index is 10.6. The minimum atomic E-state index is -1.16. The molecule has 0 saturated carbocycles. The zero-order valence-corrected chi connectivity index (χ0v) is 10.8. The molecule has 7 heteroatoms. The molecule has 1 aromatic heterocycles. The Morgan fingerprint density at radius 1 is 1.15 bits per heavy atom. The molecular weight excluding hydrogens is 260 g/mol. The third kappa shape index (κ3) is 4.05. The molecule has 0 spiro atoms. The number of carboxylic acids is 1. The Morgan fingerprint density at radius 3 is 2.15 bits per heavy atom. The Kier molecular flexibility index (Phi) is 5.16. The second-order valence-electron chi connectivity index (χ2n) is 3.77. The number of amides is 1. The van der Waals surface area contributed by atoms with Gasteiger partial charge >= 0.3 is 5.97 Å². The molecule has 0 unspecified atom stereocenters. The monoisotopic (exact) mass is 274 g/mol. The third-order valence-corrected chi connectivity index (χ3v) is 2.34. The third-order valence-electron chi connectivity index (χ3n) is 2.34. The molecule has 0 atom stereocenters. The number of rotatable bonds is 2. The molecule has 5 N–H and O–H groups in total. The summed E-state index contributed by atoms with van der Waals surface area (Å²) < 4.78 is 0. The fraction of sp³-hybridized carbons (Fsp3) is 0.0769. The van der Waals surface area contributed by atoms with E-state index in [2.05, 4.69) is 9.97 Å². The molecule has 20 heavy (non-hydrogen) atoms. The zero-order chi connectivity index (χ0) is 15.1. The lowest BCUT2D eigenvalue weighted by molar-refractivity contribution is 0.0691. The summed E-state index contributed by atoms with van der Waals surface area (Å²) in [6.45, 7) is 1.86. The Hall–Kier alpha value is -2.96. The molecule has 0 aliphatic heterocycles. The van der Waals surface area contributed by atoms with Crippen molar-refractivity contribution in [3.05, 3.63) is 53.5 Å². The van der Waals surface area contributed by atoms with Crippen LogP contribution in [-0.4, -0.2) is 27.0 Å². The first-order valence-corrected chi connectivity index (χ1v) is 5.58. The number of nitrogen functional groups attached to an aromatic ring is 1. The highest BCUT2D eigenvalue weighted by Crippen LogP contribution is 2.04. The molecule has 7 nitrogen and oxygen atoms in total. The van der Waals surface area contributed by atoms with E-state index in [1.165, 1.54) is 12.4 Å². The van der Waals surface area contributed by atoms with Gasteiger partial charge in [-0.25, -0.2) is 14.8 Å². The molecule has 1 heterocycles. The first kappa shape index (κ1) is 15.1. The SMILES string of the molecule is Cc1ccccc1C(N)=O.Nc1nccnc1C(=O)O. The lowest BCUT2D eigenvalue weighted by Gasteiger charge is -1.97. The van der Waals surface area contributed by atoms with Crippen molar-refractivity contribution in [3.63, 3.8) is 0 Å². The topological polar surface area (TPSA) is 132 Å². The quantitative estimate of drug-likeness (QED) is 0.743. The van der Waals surface area contributed by atoms with E-state index in [0.29, 0.717) is 5.56 Å². The fourth-order valence-corrected chi connectivity index (χ4v) is 1.36. The summed E-state index contributed by atoms with van der Waals surface area (Å²) in [7, 11) is 0. The molecule has 0 aliphatic carbocycles. The van der Waals surface area contributed by atoms with Crippen LogP contribution in [0.3, 0.4) is 0 Å². The van der Waals surface area contributed by atoms with Gasteiger partial charge in [0, 0.05) is 18.0 Å². The van der Waals surface area contributed by atoms with Gasteiger partial charge in [-0.2, -0.15) is 0 Å². The maximum Gasteiger partial charge on any atom is 0.358 e. The molecule has 2 aromatic rings. The van der Waals surface area contributed by atoms with Crippen LogP contribution in [0, 0.1) is 6.92 Å². The number of aromatic nitrogens is 2. The van der Waals surface area contributed by atoms with Crippen molar-refractivity contribution in [1.29, 1.82) is 0 Å². The van der Waals surface area contributed by atoms with Crippen LogP contribution in [0.4, 0.5) is 5.82 Å². The fourth-order valence-electron chi connectivity index (χ4n) is 1.36. The number of aromatic carboxylic acids is 1. The number of nitrogens with zero attached hydrogens (tertiary/aromatic N) is 2. The van der Waals surface area contributed by atoms with Crippen LogP contribution in [-0.2, 0) is 0 Å². The number of carbonyl (C=O) groups is 2. The summed E-state index contributed by atoms with van der Waals surface area (Å²) >= 11 is 0. The lowest BCUT2D eigenvalue weighted by atomic mass is 10.1. The van der Waals surface area contributed by atoms with Crippen LogP contribution in [0.2, 0.25) is 0 Å².